The molecular formula is C20H26FIN4O. The number of amides is 1. The van der Waals surface area contributed by atoms with Crippen LogP contribution < -0.4 is 16.0 Å². The fourth-order valence-electron chi connectivity index (χ4n) is 2.33. The molecule has 2 rings (SSSR count). The van der Waals surface area contributed by atoms with Crippen LogP contribution in [0.1, 0.15) is 24.5 Å². The topological polar surface area (TPSA) is 65.5 Å². The predicted molar refractivity (Wildman–Crippen MR) is 118 cm³/mol. The molecule has 0 atom stereocenters. The molecule has 0 spiro atoms. The third-order valence-corrected chi connectivity index (χ3v) is 3.63. The SMILES string of the molecule is CCNC(=NCc1cccc(F)c1)NCCC(=O)NCc1ccccc1.I. The van der Waals surface area contributed by atoms with Gasteiger partial charge < -0.3 is 16.0 Å². The van der Waals surface area contributed by atoms with E-state index in [0.717, 1.165) is 11.1 Å². The lowest BCUT2D eigenvalue weighted by atomic mass is 10.2. The number of carbonyl (C=O) groups is 1. The van der Waals surface area contributed by atoms with Gasteiger partial charge in [0.05, 0.1) is 6.54 Å². The van der Waals surface area contributed by atoms with E-state index < -0.39 is 0 Å². The highest BCUT2D eigenvalue weighted by Gasteiger charge is 2.03. The summed E-state index contributed by atoms with van der Waals surface area (Å²) in [6.07, 6.45) is 0.344. The molecule has 5 nitrogen and oxygen atoms in total. The molecular weight excluding hydrogens is 458 g/mol. The van der Waals surface area contributed by atoms with Gasteiger partial charge in [0.25, 0.3) is 0 Å². The van der Waals surface area contributed by atoms with Crippen molar-refractivity contribution in [3.63, 3.8) is 0 Å². The molecule has 146 valence electrons. The second-order valence-corrected chi connectivity index (χ2v) is 5.76. The Kier molecular flexibility index (Phi) is 11.1. The first-order valence-electron chi connectivity index (χ1n) is 8.74. The smallest absolute Gasteiger partial charge is 0.222 e. The summed E-state index contributed by atoms with van der Waals surface area (Å²) in [6, 6.07) is 16.1. The maximum absolute atomic E-state index is 13.2. The number of hydrogen-bond acceptors (Lipinski definition) is 2. The van der Waals surface area contributed by atoms with Gasteiger partial charge in [-0.1, -0.05) is 42.5 Å². The third kappa shape index (κ3) is 9.37. The Balaban J connectivity index is 0.00000364. The van der Waals surface area contributed by atoms with E-state index in [9.17, 15) is 9.18 Å². The Morgan fingerprint density at radius 2 is 1.74 bits per heavy atom. The number of nitrogens with one attached hydrogen (secondary N) is 3. The zero-order valence-corrected chi connectivity index (χ0v) is 17.7. The maximum Gasteiger partial charge on any atom is 0.222 e. The van der Waals surface area contributed by atoms with E-state index in [1.807, 2.05) is 43.3 Å². The summed E-state index contributed by atoms with van der Waals surface area (Å²) in [7, 11) is 0. The van der Waals surface area contributed by atoms with Crippen molar-refractivity contribution in [1.29, 1.82) is 0 Å². The molecule has 0 saturated heterocycles. The molecule has 27 heavy (non-hydrogen) atoms. The van der Waals surface area contributed by atoms with E-state index in [1.165, 1.54) is 12.1 Å². The Hall–Kier alpha value is -2.16. The average molecular weight is 484 g/mol. The highest BCUT2D eigenvalue weighted by molar-refractivity contribution is 14.0. The minimum Gasteiger partial charge on any atom is -0.357 e. The van der Waals surface area contributed by atoms with Gasteiger partial charge in [0.1, 0.15) is 5.82 Å². The van der Waals surface area contributed by atoms with Crippen molar-refractivity contribution in [2.45, 2.75) is 26.4 Å². The summed E-state index contributed by atoms with van der Waals surface area (Å²) in [6.45, 7) is 4.03. The quantitative estimate of drug-likeness (QED) is 0.307. The molecule has 0 aromatic heterocycles. The van der Waals surface area contributed by atoms with Crippen molar-refractivity contribution in [3.8, 4) is 0 Å². The van der Waals surface area contributed by atoms with Gasteiger partial charge in [-0.3, -0.25) is 4.79 Å². The van der Waals surface area contributed by atoms with Crippen LogP contribution in [0.2, 0.25) is 0 Å². The van der Waals surface area contributed by atoms with Crippen LogP contribution in [-0.4, -0.2) is 25.0 Å². The number of rotatable bonds is 8. The van der Waals surface area contributed by atoms with Crippen molar-refractivity contribution >= 4 is 35.8 Å². The van der Waals surface area contributed by atoms with Crippen LogP contribution in [0.3, 0.4) is 0 Å². The van der Waals surface area contributed by atoms with Gasteiger partial charge in [-0.2, -0.15) is 0 Å². The number of guanidine groups is 1. The number of benzene rings is 2. The Morgan fingerprint density at radius 3 is 2.44 bits per heavy atom. The molecule has 0 bridgehead atoms. The molecule has 0 aliphatic heterocycles. The molecule has 0 fully saturated rings. The second kappa shape index (κ2) is 13.1. The van der Waals surface area contributed by atoms with Crippen LogP contribution in [0.15, 0.2) is 59.6 Å². The molecule has 0 unspecified atom stereocenters. The number of nitrogens with zero attached hydrogens (tertiary/aromatic N) is 1. The van der Waals surface area contributed by atoms with E-state index in [1.54, 1.807) is 6.07 Å². The zero-order valence-electron chi connectivity index (χ0n) is 15.4. The van der Waals surface area contributed by atoms with Crippen LogP contribution >= 0.6 is 24.0 Å². The van der Waals surface area contributed by atoms with Gasteiger partial charge >= 0.3 is 0 Å². The fraction of sp³-hybridized carbons (Fsp3) is 0.300. The number of halogens is 2. The van der Waals surface area contributed by atoms with E-state index in [4.69, 9.17) is 0 Å². The zero-order chi connectivity index (χ0) is 18.6. The van der Waals surface area contributed by atoms with Crippen molar-refractivity contribution in [2.24, 2.45) is 4.99 Å². The Bertz CT molecular complexity index is 725. The first-order valence-corrected chi connectivity index (χ1v) is 8.74. The van der Waals surface area contributed by atoms with Crippen molar-refractivity contribution in [3.05, 3.63) is 71.5 Å². The lowest BCUT2D eigenvalue weighted by Crippen LogP contribution is -2.39. The molecule has 0 aliphatic carbocycles. The number of aliphatic imine (C=N–C) groups is 1. The van der Waals surface area contributed by atoms with E-state index in [-0.39, 0.29) is 35.7 Å². The summed E-state index contributed by atoms with van der Waals surface area (Å²) >= 11 is 0. The van der Waals surface area contributed by atoms with Crippen molar-refractivity contribution in [1.82, 2.24) is 16.0 Å². The summed E-state index contributed by atoms with van der Waals surface area (Å²) < 4.78 is 13.2. The summed E-state index contributed by atoms with van der Waals surface area (Å²) in [5, 5.41) is 9.12. The Morgan fingerprint density at radius 1 is 1.00 bits per heavy atom. The minimum atomic E-state index is -0.272. The largest absolute Gasteiger partial charge is 0.357 e. The summed E-state index contributed by atoms with van der Waals surface area (Å²) in [5.74, 6) is 0.306. The van der Waals surface area contributed by atoms with Gasteiger partial charge in [0.15, 0.2) is 5.96 Å². The maximum atomic E-state index is 13.2. The highest BCUT2D eigenvalue weighted by atomic mass is 127. The van der Waals surface area contributed by atoms with Gasteiger partial charge in [-0.25, -0.2) is 9.38 Å². The lowest BCUT2D eigenvalue weighted by molar-refractivity contribution is -0.121. The predicted octanol–water partition coefficient (Wildman–Crippen LogP) is 3.21. The van der Waals surface area contributed by atoms with Crippen molar-refractivity contribution in [2.75, 3.05) is 13.1 Å². The molecule has 2 aromatic carbocycles. The lowest BCUT2D eigenvalue weighted by Gasteiger charge is -2.11. The molecule has 0 saturated carbocycles. The standard InChI is InChI=1S/C20H25FN4O.HI/c1-2-22-20(25-15-17-9-6-10-18(21)13-17)23-12-11-19(26)24-14-16-7-4-3-5-8-16;/h3-10,13H,2,11-12,14-15H2,1H3,(H,24,26)(H2,22,23,25);1H. The number of hydrogen-bond donors (Lipinski definition) is 3. The van der Waals surface area contributed by atoms with Gasteiger partial charge in [-0.15, -0.1) is 24.0 Å². The average Bonchev–Trinajstić information content (AvgIpc) is 2.65. The van der Waals surface area contributed by atoms with Gasteiger partial charge in [0.2, 0.25) is 5.91 Å². The first kappa shape index (κ1) is 22.9. The second-order valence-electron chi connectivity index (χ2n) is 5.76. The summed E-state index contributed by atoms with van der Waals surface area (Å²) in [4.78, 5) is 16.3. The monoisotopic (exact) mass is 484 g/mol. The van der Waals surface area contributed by atoms with E-state index in [2.05, 4.69) is 20.9 Å². The molecule has 3 N–H and O–H groups in total. The summed E-state index contributed by atoms with van der Waals surface area (Å²) in [5.41, 5.74) is 1.86. The van der Waals surface area contributed by atoms with Crippen molar-refractivity contribution < 1.29 is 9.18 Å². The minimum absolute atomic E-state index is 0. The van der Waals surface area contributed by atoms with Gasteiger partial charge in [0, 0.05) is 26.1 Å². The van der Waals surface area contributed by atoms with E-state index in [0.29, 0.717) is 38.6 Å². The molecule has 0 aliphatic rings. The molecule has 0 heterocycles. The van der Waals surface area contributed by atoms with Crippen LogP contribution in [0.25, 0.3) is 0 Å². The Labute approximate surface area is 176 Å². The van der Waals surface area contributed by atoms with E-state index >= 15 is 0 Å². The van der Waals surface area contributed by atoms with Crippen LogP contribution in [0.5, 0.6) is 0 Å². The number of carbonyl (C=O) groups excluding carboxylic acids is 1. The third-order valence-electron chi connectivity index (χ3n) is 3.63. The normalized spacial score (nSPS) is 10.7. The first-order chi connectivity index (χ1) is 12.7. The van der Waals surface area contributed by atoms with Gasteiger partial charge in [-0.05, 0) is 30.2 Å². The van der Waals surface area contributed by atoms with Crippen LogP contribution in [-0.2, 0) is 17.9 Å². The van der Waals surface area contributed by atoms with Crippen LogP contribution in [0.4, 0.5) is 4.39 Å². The molecule has 7 heteroatoms. The van der Waals surface area contributed by atoms with Crippen LogP contribution in [0, 0.1) is 5.82 Å². The molecule has 2 aromatic rings. The highest BCUT2D eigenvalue weighted by Crippen LogP contribution is 2.04. The molecule has 0 radical (unpaired) electrons. The fourth-order valence-corrected chi connectivity index (χ4v) is 2.33. The molecule has 1 amide bonds.